The normalized spacial score (nSPS) is 11.8. The van der Waals surface area contributed by atoms with Crippen LogP contribution in [0.4, 0.5) is 5.69 Å². The number of nitrogens with one attached hydrogen (secondary N) is 1. The number of halogens is 1. The van der Waals surface area contributed by atoms with Crippen molar-refractivity contribution in [3.05, 3.63) is 83.1 Å². The van der Waals surface area contributed by atoms with Gasteiger partial charge in [-0.3, -0.25) is 14.3 Å². The van der Waals surface area contributed by atoms with Crippen molar-refractivity contribution in [3.8, 4) is 17.1 Å². The fraction of sp³-hybridized carbons (Fsp3) is 0.200. The second kappa shape index (κ2) is 10.7. The first kappa shape index (κ1) is 23.8. The highest BCUT2D eigenvalue weighted by Crippen LogP contribution is 2.33. The first-order valence-corrected chi connectivity index (χ1v) is 11.9. The molecular weight excluding hydrogens is 470 g/mol. The van der Waals surface area contributed by atoms with E-state index in [0.717, 1.165) is 22.5 Å². The number of benzene rings is 2. The minimum absolute atomic E-state index is 0.176. The Morgan fingerprint density at radius 1 is 1.15 bits per heavy atom. The predicted molar refractivity (Wildman–Crippen MR) is 135 cm³/mol. The molecule has 2 heterocycles. The molecule has 0 fully saturated rings. The van der Waals surface area contributed by atoms with E-state index >= 15 is 0 Å². The monoisotopic (exact) mass is 493 g/mol. The van der Waals surface area contributed by atoms with Gasteiger partial charge in [-0.15, -0.1) is 10.2 Å². The molecule has 0 spiro atoms. The number of nitrogens with zero attached hydrogens (tertiary/aromatic N) is 4. The molecule has 1 unspecified atom stereocenters. The molecule has 0 aliphatic rings. The van der Waals surface area contributed by atoms with Gasteiger partial charge < -0.3 is 10.1 Å². The lowest BCUT2D eigenvalue weighted by molar-refractivity contribution is -0.115. The van der Waals surface area contributed by atoms with Gasteiger partial charge in [0, 0.05) is 29.0 Å². The van der Waals surface area contributed by atoms with Crippen molar-refractivity contribution >= 4 is 35.0 Å². The highest BCUT2D eigenvalue weighted by Gasteiger charge is 2.22. The van der Waals surface area contributed by atoms with Crippen LogP contribution in [0.5, 0.6) is 5.75 Å². The highest BCUT2D eigenvalue weighted by molar-refractivity contribution is 8.00. The predicted octanol–water partition coefficient (Wildman–Crippen LogP) is 5.48. The topological polar surface area (TPSA) is 81.9 Å². The van der Waals surface area contributed by atoms with Crippen molar-refractivity contribution in [2.24, 2.45) is 0 Å². The number of aromatic nitrogens is 4. The summed E-state index contributed by atoms with van der Waals surface area (Å²) in [5.74, 6) is 1.05. The van der Waals surface area contributed by atoms with E-state index in [9.17, 15) is 4.79 Å². The van der Waals surface area contributed by atoms with Crippen molar-refractivity contribution in [3.63, 3.8) is 0 Å². The van der Waals surface area contributed by atoms with E-state index in [1.807, 2.05) is 48.7 Å². The molecule has 2 aromatic heterocycles. The second-order valence-corrected chi connectivity index (χ2v) is 9.38. The lowest BCUT2D eigenvalue weighted by Crippen LogP contribution is -2.23. The number of thioether (sulfide) groups is 1. The Hall–Kier alpha value is -3.36. The lowest BCUT2D eigenvalue weighted by Gasteiger charge is -2.16. The molecule has 1 atom stereocenters. The van der Waals surface area contributed by atoms with Crippen LogP contribution in [0.1, 0.15) is 18.1 Å². The minimum atomic E-state index is -0.440. The van der Waals surface area contributed by atoms with Crippen molar-refractivity contribution in [1.82, 2.24) is 19.7 Å². The highest BCUT2D eigenvalue weighted by atomic mass is 35.5. The molecule has 174 valence electrons. The maximum absolute atomic E-state index is 13.0. The maximum atomic E-state index is 13.0. The number of pyridine rings is 1. The van der Waals surface area contributed by atoms with Crippen LogP contribution in [0.25, 0.3) is 11.4 Å². The zero-order valence-corrected chi connectivity index (χ0v) is 20.6. The molecule has 0 aliphatic heterocycles. The summed E-state index contributed by atoms with van der Waals surface area (Å²) in [6.45, 7) is 4.29. The van der Waals surface area contributed by atoms with E-state index in [2.05, 4.69) is 32.6 Å². The third kappa shape index (κ3) is 5.40. The number of anilines is 1. The molecule has 1 amide bonds. The number of ether oxygens (including phenoxy) is 1. The van der Waals surface area contributed by atoms with Crippen molar-refractivity contribution in [2.45, 2.75) is 30.8 Å². The third-order valence-corrected chi connectivity index (χ3v) is 6.72. The van der Waals surface area contributed by atoms with Crippen molar-refractivity contribution in [2.75, 3.05) is 12.4 Å². The summed E-state index contributed by atoms with van der Waals surface area (Å²) in [5.41, 5.74) is 3.44. The molecule has 34 heavy (non-hydrogen) atoms. The van der Waals surface area contributed by atoms with Gasteiger partial charge in [-0.05, 0) is 43.2 Å². The van der Waals surface area contributed by atoms with E-state index in [1.165, 1.54) is 11.8 Å². The Labute approximate surface area is 207 Å². The number of carbonyl (C=O) groups is 1. The van der Waals surface area contributed by atoms with Crippen LogP contribution in [-0.4, -0.2) is 38.0 Å². The Morgan fingerprint density at radius 3 is 2.59 bits per heavy atom. The van der Waals surface area contributed by atoms with Crippen LogP contribution in [-0.2, 0) is 11.3 Å². The molecule has 0 saturated carbocycles. The zero-order chi connectivity index (χ0) is 24.1. The molecule has 9 heteroatoms. The molecule has 0 radical (unpaired) electrons. The first-order valence-electron chi connectivity index (χ1n) is 10.7. The maximum Gasteiger partial charge on any atom is 0.237 e. The number of methoxy groups -OCH3 is 1. The minimum Gasteiger partial charge on any atom is -0.495 e. The summed E-state index contributed by atoms with van der Waals surface area (Å²) >= 11 is 7.54. The smallest absolute Gasteiger partial charge is 0.237 e. The first-order chi connectivity index (χ1) is 16.5. The SMILES string of the molecule is COc1cc(Cl)c(C)cc1NC(=O)C(C)Sc1nnc(-c2ccncc2)n1Cc1ccccc1. The summed E-state index contributed by atoms with van der Waals surface area (Å²) in [6.07, 6.45) is 3.45. The standard InChI is InChI=1S/C25H24ClN5O2S/c1-16-13-21(22(33-3)14-20(16)26)28-24(32)17(2)34-25-30-29-23(19-9-11-27-12-10-19)31(25)15-18-7-5-4-6-8-18/h4-14,17H,15H2,1-3H3,(H,28,32). The van der Waals surface area contributed by atoms with Gasteiger partial charge in [0.1, 0.15) is 5.75 Å². The number of hydrogen-bond acceptors (Lipinski definition) is 6. The number of aryl methyl sites for hydroxylation is 1. The molecule has 0 bridgehead atoms. The van der Waals surface area contributed by atoms with Gasteiger partial charge >= 0.3 is 0 Å². The Morgan fingerprint density at radius 2 is 1.88 bits per heavy atom. The summed E-state index contributed by atoms with van der Waals surface area (Å²) < 4.78 is 7.40. The van der Waals surface area contributed by atoms with Crippen LogP contribution in [0.2, 0.25) is 5.02 Å². The van der Waals surface area contributed by atoms with Crippen LogP contribution < -0.4 is 10.1 Å². The van der Waals surface area contributed by atoms with E-state index in [-0.39, 0.29) is 5.91 Å². The Bertz CT molecular complexity index is 1280. The average molecular weight is 494 g/mol. The van der Waals surface area contributed by atoms with E-state index in [0.29, 0.717) is 28.2 Å². The van der Waals surface area contributed by atoms with Gasteiger partial charge in [0.2, 0.25) is 5.91 Å². The van der Waals surface area contributed by atoms with Crippen LogP contribution >= 0.6 is 23.4 Å². The van der Waals surface area contributed by atoms with Gasteiger partial charge in [0.05, 0.1) is 24.6 Å². The molecule has 1 N–H and O–H groups in total. The largest absolute Gasteiger partial charge is 0.495 e. The van der Waals surface area contributed by atoms with Gasteiger partial charge in [0.25, 0.3) is 0 Å². The van der Waals surface area contributed by atoms with Crippen LogP contribution in [0.3, 0.4) is 0 Å². The lowest BCUT2D eigenvalue weighted by atomic mass is 10.2. The molecule has 4 rings (SSSR count). The van der Waals surface area contributed by atoms with Gasteiger partial charge in [0.15, 0.2) is 11.0 Å². The third-order valence-electron chi connectivity index (χ3n) is 5.23. The number of rotatable bonds is 8. The van der Waals surface area contributed by atoms with Gasteiger partial charge in [-0.1, -0.05) is 53.7 Å². The number of amides is 1. The molecule has 0 saturated heterocycles. The van der Waals surface area contributed by atoms with E-state index < -0.39 is 5.25 Å². The van der Waals surface area contributed by atoms with E-state index in [4.69, 9.17) is 16.3 Å². The van der Waals surface area contributed by atoms with Crippen LogP contribution in [0.15, 0.2) is 72.1 Å². The summed E-state index contributed by atoms with van der Waals surface area (Å²) in [6, 6.07) is 17.4. The number of carbonyl (C=O) groups excluding carboxylic acids is 1. The second-order valence-electron chi connectivity index (χ2n) is 7.66. The molecule has 2 aromatic carbocycles. The Kier molecular flexibility index (Phi) is 7.49. The number of hydrogen-bond donors (Lipinski definition) is 1. The Balaban J connectivity index is 1.59. The summed E-state index contributed by atoms with van der Waals surface area (Å²) in [4.78, 5) is 17.1. The summed E-state index contributed by atoms with van der Waals surface area (Å²) in [7, 11) is 1.54. The molecular formula is C25H24ClN5O2S. The zero-order valence-electron chi connectivity index (χ0n) is 19.0. The molecule has 0 aliphatic carbocycles. The fourth-order valence-electron chi connectivity index (χ4n) is 3.37. The molecule has 4 aromatic rings. The van der Waals surface area contributed by atoms with Crippen molar-refractivity contribution < 1.29 is 9.53 Å². The fourth-order valence-corrected chi connectivity index (χ4v) is 4.38. The van der Waals surface area contributed by atoms with Gasteiger partial charge in [-0.25, -0.2) is 0 Å². The van der Waals surface area contributed by atoms with Crippen LogP contribution in [0, 0.1) is 6.92 Å². The van der Waals surface area contributed by atoms with Gasteiger partial charge in [-0.2, -0.15) is 0 Å². The molecule has 7 nitrogen and oxygen atoms in total. The van der Waals surface area contributed by atoms with Crippen molar-refractivity contribution in [1.29, 1.82) is 0 Å². The average Bonchev–Trinajstić information content (AvgIpc) is 3.24. The quantitative estimate of drug-likeness (QED) is 0.327. The van der Waals surface area contributed by atoms with E-state index in [1.54, 1.807) is 31.6 Å². The summed E-state index contributed by atoms with van der Waals surface area (Å²) in [5, 5.41) is 12.6.